The molecule has 0 aliphatic carbocycles. The summed E-state index contributed by atoms with van der Waals surface area (Å²) in [7, 11) is 1.55. The summed E-state index contributed by atoms with van der Waals surface area (Å²) in [6.45, 7) is 0. The van der Waals surface area contributed by atoms with Crippen LogP contribution in [0.25, 0.3) is 10.1 Å². The van der Waals surface area contributed by atoms with Crippen molar-refractivity contribution in [2.45, 2.75) is 0 Å². The van der Waals surface area contributed by atoms with Crippen LogP contribution < -0.4 is 10.2 Å². The third-order valence-corrected chi connectivity index (χ3v) is 4.85. The average molecular weight is 380 g/mol. The second-order valence-corrected chi connectivity index (χ2v) is 6.17. The van der Waals surface area contributed by atoms with Crippen LogP contribution in [-0.4, -0.2) is 24.2 Å². The van der Waals surface area contributed by atoms with Crippen molar-refractivity contribution in [3.63, 3.8) is 0 Å². The lowest BCUT2D eigenvalue weighted by molar-refractivity contribution is -0.402. The zero-order chi connectivity index (χ0) is 18.0. The number of hydrogen-bond acceptors (Lipinski definition) is 7. The van der Waals surface area contributed by atoms with Crippen LogP contribution in [0.15, 0.2) is 39.9 Å². The molecule has 0 saturated carbocycles. The Bertz CT molecular complexity index is 994. The van der Waals surface area contributed by atoms with Crippen LogP contribution in [0.5, 0.6) is 5.75 Å². The summed E-state index contributed by atoms with van der Waals surface area (Å²) >= 11 is 7.45. The number of nitrogens with zero attached hydrogens (tertiary/aromatic N) is 2. The Balaban J connectivity index is 1.76. The highest BCUT2D eigenvalue weighted by Crippen LogP contribution is 2.37. The van der Waals surface area contributed by atoms with E-state index in [0.717, 1.165) is 16.3 Å². The van der Waals surface area contributed by atoms with Gasteiger partial charge in [-0.15, -0.1) is 11.3 Å². The molecule has 1 amide bonds. The molecular formula is C15H10ClN3O5S. The Morgan fingerprint density at radius 3 is 2.92 bits per heavy atom. The first-order valence-electron chi connectivity index (χ1n) is 6.83. The van der Waals surface area contributed by atoms with Crippen molar-refractivity contribution in [2.75, 3.05) is 7.11 Å². The maximum absolute atomic E-state index is 12.2. The molecule has 2 heterocycles. The van der Waals surface area contributed by atoms with Gasteiger partial charge in [-0.2, -0.15) is 5.10 Å². The number of methoxy groups -OCH3 is 1. The lowest BCUT2D eigenvalue weighted by atomic mass is 10.2. The molecule has 8 nitrogen and oxygen atoms in total. The molecule has 1 N–H and O–H groups in total. The predicted molar refractivity (Wildman–Crippen MR) is 93.8 cm³/mol. The standard InChI is InChI=1S/C15H10ClN3O5S/c1-23-8-2-4-10-11(6-8)25-14(13(10)16)15(20)18-17-7-9-3-5-12(24-9)19(21)22/h2-7H,1H3,(H,18,20)/b17-7+. The summed E-state index contributed by atoms with van der Waals surface area (Å²) in [4.78, 5) is 22.4. The predicted octanol–water partition coefficient (Wildman–Crippen LogP) is 3.83. The first-order chi connectivity index (χ1) is 12.0. The summed E-state index contributed by atoms with van der Waals surface area (Å²) < 4.78 is 10.8. The average Bonchev–Trinajstić information content (AvgIpc) is 3.19. The number of carbonyl (C=O) groups excluding carboxylic acids is 1. The summed E-state index contributed by atoms with van der Waals surface area (Å²) in [6, 6.07) is 7.87. The van der Waals surface area contributed by atoms with Gasteiger partial charge in [0.2, 0.25) is 0 Å². The Morgan fingerprint density at radius 1 is 1.44 bits per heavy atom. The lowest BCUT2D eigenvalue weighted by Gasteiger charge is -1.98. The van der Waals surface area contributed by atoms with Crippen molar-refractivity contribution in [1.29, 1.82) is 0 Å². The lowest BCUT2D eigenvalue weighted by Crippen LogP contribution is -2.16. The van der Waals surface area contributed by atoms with Crippen molar-refractivity contribution in [3.05, 3.63) is 56.1 Å². The molecule has 0 fully saturated rings. The molecule has 0 bridgehead atoms. The number of nitrogens with one attached hydrogen (secondary N) is 1. The number of furan rings is 1. The van der Waals surface area contributed by atoms with Gasteiger partial charge < -0.3 is 9.15 Å². The van der Waals surface area contributed by atoms with Crippen LogP contribution in [0, 0.1) is 10.1 Å². The van der Waals surface area contributed by atoms with E-state index < -0.39 is 16.7 Å². The number of thiophene rings is 1. The van der Waals surface area contributed by atoms with Gasteiger partial charge in [-0.3, -0.25) is 14.9 Å². The summed E-state index contributed by atoms with van der Waals surface area (Å²) in [5.41, 5.74) is 2.31. The van der Waals surface area contributed by atoms with Gasteiger partial charge in [0.25, 0.3) is 5.91 Å². The zero-order valence-electron chi connectivity index (χ0n) is 12.7. The van der Waals surface area contributed by atoms with Gasteiger partial charge in [0.05, 0.1) is 24.4 Å². The fourth-order valence-corrected chi connectivity index (χ4v) is 3.47. The van der Waals surface area contributed by atoms with E-state index in [1.165, 1.54) is 23.5 Å². The number of carbonyl (C=O) groups is 1. The number of hydrogen-bond donors (Lipinski definition) is 1. The van der Waals surface area contributed by atoms with Crippen LogP contribution in [0.3, 0.4) is 0 Å². The molecule has 1 aromatic carbocycles. The van der Waals surface area contributed by atoms with Crippen molar-refractivity contribution in [1.82, 2.24) is 5.43 Å². The van der Waals surface area contributed by atoms with Gasteiger partial charge in [0.15, 0.2) is 5.76 Å². The number of fused-ring (bicyclic) bond motifs is 1. The molecule has 25 heavy (non-hydrogen) atoms. The van der Waals surface area contributed by atoms with Crippen LogP contribution in [0.4, 0.5) is 5.88 Å². The summed E-state index contributed by atoms with van der Waals surface area (Å²) in [6.07, 6.45) is 1.16. The van der Waals surface area contributed by atoms with Crippen molar-refractivity contribution in [3.8, 4) is 5.75 Å². The minimum Gasteiger partial charge on any atom is -0.497 e. The Labute approximate surface area is 149 Å². The number of nitro groups is 1. The topological polar surface area (TPSA) is 107 Å². The van der Waals surface area contributed by atoms with Gasteiger partial charge >= 0.3 is 5.88 Å². The molecule has 0 saturated heterocycles. The smallest absolute Gasteiger partial charge is 0.433 e. The van der Waals surface area contributed by atoms with Crippen LogP contribution in [0.1, 0.15) is 15.4 Å². The highest BCUT2D eigenvalue weighted by Gasteiger charge is 2.17. The molecule has 0 atom stereocenters. The number of hydrazone groups is 1. The summed E-state index contributed by atoms with van der Waals surface area (Å²) in [5.74, 6) is -0.106. The van der Waals surface area contributed by atoms with Crippen molar-refractivity contribution < 1.29 is 18.9 Å². The Hall–Kier alpha value is -2.91. The number of benzene rings is 1. The SMILES string of the molecule is COc1ccc2c(Cl)c(C(=O)N/N=C/c3ccc([N+](=O)[O-])o3)sc2c1. The molecular weight excluding hydrogens is 370 g/mol. The molecule has 0 aliphatic rings. The highest BCUT2D eigenvalue weighted by atomic mass is 35.5. The van der Waals surface area contributed by atoms with E-state index in [2.05, 4.69) is 10.5 Å². The van der Waals surface area contributed by atoms with Gasteiger partial charge in [0.1, 0.15) is 15.5 Å². The van der Waals surface area contributed by atoms with Crippen molar-refractivity contribution in [2.24, 2.45) is 5.10 Å². The highest BCUT2D eigenvalue weighted by molar-refractivity contribution is 7.21. The molecule has 0 unspecified atom stereocenters. The zero-order valence-corrected chi connectivity index (χ0v) is 14.3. The normalized spacial score (nSPS) is 11.1. The van der Waals surface area contributed by atoms with E-state index in [1.807, 2.05) is 0 Å². The fourth-order valence-electron chi connectivity index (χ4n) is 2.03. The minimum atomic E-state index is -0.666. The fraction of sp³-hybridized carbons (Fsp3) is 0.0667. The van der Waals surface area contributed by atoms with Crippen LogP contribution >= 0.6 is 22.9 Å². The first-order valence-corrected chi connectivity index (χ1v) is 8.02. The van der Waals surface area contributed by atoms with Gasteiger partial charge in [-0.25, -0.2) is 5.43 Å². The van der Waals surface area contributed by atoms with E-state index in [1.54, 1.807) is 25.3 Å². The van der Waals surface area contributed by atoms with E-state index >= 15 is 0 Å². The number of ether oxygens (including phenoxy) is 1. The second-order valence-electron chi connectivity index (χ2n) is 4.74. The van der Waals surface area contributed by atoms with E-state index in [4.69, 9.17) is 20.8 Å². The van der Waals surface area contributed by atoms with Gasteiger partial charge in [0, 0.05) is 10.1 Å². The number of halogens is 1. The molecule has 0 aliphatic heterocycles. The Morgan fingerprint density at radius 2 is 2.24 bits per heavy atom. The molecule has 0 spiro atoms. The molecule has 2 aromatic heterocycles. The Kier molecular flexibility index (Phi) is 4.68. The number of amides is 1. The van der Waals surface area contributed by atoms with E-state index in [-0.39, 0.29) is 5.76 Å². The molecule has 10 heteroatoms. The largest absolute Gasteiger partial charge is 0.497 e. The molecule has 128 valence electrons. The first kappa shape index (κ1) is 16.9. The summed E-state index contributed by atoms with van der Waals surface area (Å²) in [5, 5.41) is 15.3. The quantitative estimate of drug-likeness (QED) is 0.412. The molecule has 3 aromatic rings. The van der Waals surface area contributed by atoms with Gasteiger partial charge in [-0.1, -0.05) is 11.6 Å². The maximum atomic E-state index is 12.2. The monoisotopic (exact) mass is 379 g/mol. The van der Waals surface area contributed by atoms with E-state index in [0.29, 0.717) is 15.6 Å². The van der Waals surface area contributed by atoms with Crippen molar-refractivity contribution >= 4 is 51.0 Å². The van der Waals surface area contributed by atoms with Crippen LogP contribution in [-0.2, 0) is 0 Å². The molecule has 0 radical (unpaired) electrons. The maximum Gasteiger partial charge on any atom is 0.433 e. The third-order valence-electron chi connectivity index (χ3n) is 3.19. The molecule has 3 rings (SSSR count). The second kappa shape index (κ2) is 6.91. The van der Waals surface area contributed by atoms with E-state index in [9.17, 15) is 14.9 Å². The van der Waals surface area contributed by atoms with Gasteiger partial charge in [-0.05, 0) is 24.3 Å². The number of rotatable bonds is 5. The minimum absolute atomic E-state index is 0.138. The van der Waals surface area contributed by atoms with Crippen LogP contribution in [0.2, 0.25) is 5.02 Å². The third kappa shape index (κ3) is 3.47.